The van der Waals surface area contributed by atoms with E-state index in [1.165, 1.54) is 0 Å². The quantitative estimate of drug-likeness (QED) is 0.604. The number of pyridine rings is 1. The average molecular weight is 268 g/mol. The predicted octanol–water partition coefficient (Wildman–Crippen LogP) is 4.87. The van der Waals surface area contributed by atoms with E-state index < -0.39 is 0 Å². The van der Waals surface area contributed by atoms with Crippen molar-refractivity contribution in [1.29, 1.82) is 0 Å². The third-order valence-corrected chi connectivity index (χ3v) is 3.73. The summed E-state index contributed by atoms with van der Waals surface area (Å²) in [6.07, 6.45) is 1.89. The summed E-state index contributed by atoms with van der Waals surface area (Å²) in [4.78, 5) is 4.41. The van der Waals surface area contributed by atoms with E-state index >= 15 is 0 Å². The van der Waals surface area contributed by atoms with Crippen LogP contribution < -0.4 is 0 Å². The Hall–Kier alpha value is -1.86. The summed E-state index contributed by atoms with van der Waals surface area (Å²) >= 11 is 6.55. The van der Waals surface area contributed by atoms with Crippen LogP contribution in [0.1, 0.15) is 22.1 Å². The van der Waals surface area contributed by atoms with Gasteiger partial charge >= 0.3 is 0 Å². The van der Waals surface area contributed by atoms with Crippen molar-refractivity contribution in [3.63, 3.8) is 0 Å². The van der Waals surface area contributed by atoms with Crippen LogP contribution in [0.25, 0.3) is 10.9 Å². The van der Waals surface area contributed by atoms with Crippen LogP contribution in [-0.4, -0.2) is 4.98 Å². The Morgan fingerprint density at radius 2 is 1.74 bits per heavy atom. The van der Waals surface area contributed by atoms with Gasteiger partial charge in [0.1, 0.15) is 0 Å². The van der Waals surface area contributed by atoms with Crippen molar-refractivity contribution in [1.82, 2.24) is 4.98 Å². The molecule has 1 nitrogen and oxygen atoms in total. The Balaban J connectivity index is 2.05. The van der Waals surface area contributed by atoms with E-state index in [0.717, 1.165) is 27.6 Å². The zero-order chi connectivity index (χ0) is 13.2. The second-order valence-electron chi connectivity index (χ2n) is 4.74. The number of hydrogen-bond acceptors (Lipinski definition) is 1. The third-order valence-electron chi connectivity index (χ3n) is 3.23. The van der Waals surface area contributed by atoms with Gasteiger partial charge in [0.2, 0.25) is 0 Å². The second-order valence-corrected chi connectivity index (χ2v) is 5.17. The van der Waals surface area contributed by atoms with Gasteiger partial charge in [-0.2, -0.15) is 0 Å². The molecule has 19 heavy (non-hydrogen) atoms. The molecule has 1 unspecified atom stereocenters. The van der Waals surface area contributed by atoms with Gasteiger partial charge in [-0.05, 0) is 41.8 Å². The highest BCUT2D eigenvalue weighted by atomic mass is 35.5. The first-order valence-corrected chi connectivity index (χ1v) is 6.73. The molecule has 1 aromatic heterocycles. The first-order chi connectivity index (χ1) is 9.24. The predicted molar refractivity (Wildman–Crippen MR) is 80.6 cm³/mol. The van der Waals surface area contributed by atoms with Crippen LogP contribution in [0.2, 0.25) is 0 Å². The molecular weight excluding hydrogens is 254 g/mol. The lowest BCUT2D eigenvalue weighted by atomic mass is 10.0. The smallest absolute Gasteiger partial charge is 0.0835 e. The standard InChI is InChI=1S/C17H14ClN/c1-12-9-15-10-14(7-8-16(15)19-11-12)17(18)13-5-3-2-4-6-13/h2-11,17H,1H3. The Bertz CT molecular complexity index is 707. The van der Waals surface area contributed by atoms with E-state index in [-0.39, 0.29) is 5.38 Å². The van der Waals surface area contributed by atoms with Crippen molar-refractivity contribution in [2.45, 2.75) is 12.3 Å². The van der Waals surface area contributed by atoms with Gasteiger partial charge in [0.25, 0.3) is 0 Å². The molecule has 0 N–H and O–H groups in total. The molecule has 0 bridgehead atoms. The molecule has 2 aromatic carbocycles. The molecule has 0 amide bonds. The molecule has 0 aliphatic rings. The number of nitrogens with zero attached hydrogens (tertiary/aromatic N) is 1. The lowest BCUT2D eigenvalue weighted by molar-refractivity contribution is 1.14. The fourth-order valence-corrected chi connectivity index (χ4v) is 2.51. The molecule has 3 rings (SSSR count). The van der Waals surface area contributed by atoms with Gasteiger partial charge in [-0.3, -0.25) is 4.98 Å². The minimum absolute atomic E-state index is 0.119. The minimum Gasteiger partial charge on any atom is -0.256 e. The zero-order valence-corrected chi connectivity index (χ0v) is 11.4. The van der Waals surface area contributed by atoms with E-state index in [1.807, 2.05) is 30.5 Å². The van der Waals surface area contributed by atoms with Gasteiger partial charge in [0.05, 0.1) is 10.9 Å². The summed E-state index contributed by atoms with van der Waals surface area (Å²) in [6.45, 7) is 2.05. The van der Waals surface area contributed by atoms with E-state index in [1.54, 1.807) is 0 Å². The highest BCUT2D eigenvalue weighted by Crippen LogP contribution is 2.30. The zero-order valence-electron chi connectivity index (χ0n) is 10.7. The van der Waals surface area contributed by atoms with E-state index in [4.69, 9.17) is 11.6 Å². The van der Waals surface area contributed by atoms with Crippen LogP contribution in [0.3, 0.4) is 0 Å². The van der Waals surface area contributed by atoms with E-state index in [9.17, 15) is 0 Å². The summed E-state index contributed by atoms with van der Waals surface area (Å²) in [6, 6.07) is 18.5. The molecule has 2 heteroatoms. The highest BCUT2D eigenvalue weighted by Gasteiger charge is 2.10. The SMILES string of the molecule is Cc1cnc2ccc(C(Cl)c3ccccc3)cc2c1. The Morgan fingerprint density at radius 1 is 0.947 bits per heavy atom. The lowest BCUT2D eigenvalue weighted by Gasteiger charge is -2.11. The van der Waals surface area contributed by atoms with Crippen LogP contribution in [0.5, 0.6) is 0 Å². The van der Waals surface area contributed by atoms with E-state index in [0.29, 0.717) is 0 Å². The minimum atomic E-state index is -0.119. The third kappa shape index (κ3) is 2.47. The first kappa shape index (κ1) is 12.2. The maximum Gasteiger partial charge on any atom is 0.0835 e. The molecule has 0 aliphatic heterocycles. The molecule has 0 saturated carbocycles. The molecule has 0 aliphatic carbocycles. The van der Waals surface area contributed by atoms with Crippen LogP contribution in [0, 0.1) is 6.92 Å². The summed E-state index contributed by atoms with van der Waals surface area (Å²) in [5.41, 5.74) is 4.39. The number of benzene rings is 2. The van der Waals surface area contributed by atoms with Gasteiger partial charge in [0, 0.05) is 11.6 Å². The Kier molecular flexibility index (Phi) is 3.22. The van der Waals surface area contributed by atoms with Crippen molar-refractivity contribution < 1.29 is 0 Å². The Morgan fingerprint density at radius 3 is 2.53 bits per heavy atom. The van der Waals surface area contributed by atoms with Crippen LogP contribution in [0.4, 0.5) is 0 Å². The number of alkyl halides is 1. The van der Waals surface area contributed by atoms with Gasteiger partial charge in [-0.25, -0.2) is 0 Å². The van der Waals surface area contributed by atoms with E-state index in [2.05, 4.69) is 42.2 Å². The van der Waals surface area contributed by atoms with Gasteiger partial charge < -0.3 is 0 Å². The maximum atomic E-state index is 6.55. The monoisotopic (exact) mass is 267 g/mol. The topological polar surface area (TPSA) is 12.9 Å². The number of aryl methyl sites for hydroxylation is 1. The Labute approximate surface area is 117 Å². The molecular formula is C17H14ClN. The van der Waals surface area contributed by atoms with Crippen LogP contribution in [0.15, 0.2) is 60.8 Å². The summed E-state index contributed by atoms with van der Waals surface area (Å²) in [5, 5.41) is 1.02. The fraction of sp³-hybridized carbons (Fsp3) is 0.118. The summed E-state index contributed by atoms with van der Waals surface area (Å²) in [5.74, 6) is 0. The fourth-order valence-electron chi connectivity index (χ4n) is 2.23. The normalized spacial score (nSPS) is 12.5. The number of fused-ring (bicyclic) bond motifs is 1. The molecule has 94 valence electrons. The van der Waals surface area contributed by atoms with Crippen molar-refractivity contribution in [3.8, 4) is 0 Å². The second kappa shape index (κ2) is 5.02. The van der Waals surface area contributed by atoms with Crippen molar-refractivity contribution in [2.24, 2.45) is 0 Å². The molecule has 0 spiro atoms. The van der Waals surface area contributed by atoms with Crippen molar-refractivity contribution in [3.05, 3.63) is 77.5 Å². The number of hydrogen-bond donors (Lipinski definition) is 0. The average Bonchev–Trinajstić information content (AvgIpc) is 2.46. The largest absolute Gasteiger partial charge is 0.256 e. The summed E-state index contributed by atoms with van der Waals surface area (Å²) < 4.78 is 0. The van der Waals surface area contributed by atoms with Gasteiger partial charge in [0.15, 0.2) is 0 Å². The molecule has 1 heterocycles. The van der Waals surface area contributed by atoms with Crippen molar-refractivity contribution in [2.75, 3.05) is 0 Å². The highest BCUT2D eigenvalue weighted by molar-refractivity contribution is 6.22. The first-order valence-electron chi connectivity index (χ1n) is 6.29. The van der Waals surface area contributed by atoms with Crippen LogP contribution >= 0.6 is 11.6 Å². The molecule has 0 fully saturated rings. The lowest BCUT2D eigenvalue weighted by Crippen LogP contribution is -1.93. The van der Waals surface area contributed by atoms with Crippen molar-refractivity contribution >= 4 is 22.5 Å². The maximum absolute atomic E-state index is 6.55. The molecule has 0 saturated heterocycles. The molecule has 0 radical (unpaired) electrons. The van der Waals surface area contributed by atoms with Gasteiger partial charge in [-0.1, -0.05) is 36.4 Å². The molecule has 3 aromatic rings. The number of rotatable bonds is 2. The van der Waals surface area contributed by atoms with Gasteiger partial charge in [-0.15, -0.1) is 11.6 Å². The molecule has 1 atom stereocenters. The number of aromatic nitrogens is 1. The van der Waals surface area contributed by atoms with Crippen LogP contribution in [-0.2, 0) is 0 Å². The summed E-state index contributed by atoms with van der Waals surface area (Å²) in [7, 11) is 0. The number of halogens is 1.